The lowest BCUT2D eigenvalue weighted by Crippen LogP contribution is -2.24. The highest BCUT2D eigenvalue weighted by Gasteiger charge is 2.26. The molecule has 0 bridgehead atoms. The molecule has 0 aliphatic heterocycles. The van der Waals surface area contributed by atoms with Gasteiger partial charge in [-0.2, -0.15) is 0 Å². The minimum Gasteiger partial charge on any atom is -0.452 e. The Balaban J connectivity index is 1.57. The third kappa shape index (κ3) is 4.03. The van der Waals surface area contributed by atoms with Crippen LogP contribution in [-0.4, -0.2) is 23.5 Å². The highest BCUT2D eigenvalue weighted by atomic mass is 19.1. The Morgan fingerprint density at radius 2 is 2.03 bits per heavy atom. The molecule has 1 aromatic heterocycles. The molecular formula is C24H23FN2O3. The number of anilines is 1. The molecule has 1 amide bonds. The molecule has 4 rings (SSSR count). The molecule has 154 valence electrons. The summed E-state index contributed by atoms with van der Waals surface area (Å²) in [6.45, 7) is 3.47. The zero-order chi connectivity index (χ0) is 21.3. The van der Waals surface area contributed by atoms with Crippen molar-refractivity contribution in [1.29, 1.82) is 0 Å². The van der Waals surface area contributed by atoms with E-state index in [0.717, 1.165) is 47.0 Å². The third-order valence-electron chi connectivity index (χ3n) is 5.52. The van der Waals surface area contributed by atoms with Crippen LogP contribution >= 0.6 is 0 Å². The number of fused-ring (bicyclic) bond motifs is 2. The zero-order valence-electron chi connectivity index (χ0n) is 17.0. The minimum atomic E-state index is -0.537. The normalized spacial score (nSPS) is 15.5. The number of amides is 1. The quantitative estimate of drug-likeness (QED) is 0.643. The zero-order valence-corrected chi connectivity index (χ0v) is 17.0. The maximum atomic E-state index is 13.4. The van der Waals surface area contributed by atoms with Crippen LogP contribution in [0.3, 0.4) is 0 Å². The number of hydrogen-bond donors (Lipinski definition) is 1. The van der Waals surface area contributed by atoms with Crippen LogP contribution in [0.5, 0.6) is 0 Å². The second-order valence-electron chi connectivity index (χ2n) is 7.86. The summed E-state index contributed by atoms with van der Waals surface area (Å²) in [6, 6.07) is 11.6. The fraction of sp³-hybridized carbons (Fsp3) is 0.292. The first-order chi connectivity index (χ1) is 14.4. The summed E-state index contributed by atoms with van der Waals surface area (Å²) >= 11 is 0. The molecular weight excluding hydrogens is 383 g/mol. The van der Waals surface area contributed by atoms with Crippen LogP contribution in [0.25, 0.3) is 10.9 Å². The van der Waals surface area contributed by atoms with E-state index in [-0.39, 0.29) is 0 Å². The number of rotatable bonds is 4. The number of nitrogens with zero attached hydrogens (tertiary/aromatic N) is 1. The molecule has 30 heavy (non-hydrogen) atoms. The van der Waals surface area contributed by atoms with E-state index in [1.807, 2.05) is 24.3 Å². The molecule has 1 N–H and O–H groups in total. The summed E-state index contributed by atoms with van der Waals surface area (Å²) in [7, 11) is 0. The van der Waals surface area contributed by atoms with Gasteiger partial charge in [-0.25, -0.2) is 9.18 Å². The summed E-state index contributed by atoms with van der Waals surface area (Å²) in [5.74, 6) is -1.05. The first-order valence-corrected chi connectivity index (χ1v) is 10.1. The van der Waals surface area contributed by atoms with Crippen molar-refractivity contribution < 1.29 is 18.7 Å². The maximum absolute atomic E-state index is 13.4. The van der Waals surface area contributed by atoms with Gasteiger partial charge in [0.15, 0.2) is 6.61 Å². The van der Waals surface area contributed by atoms with Crippen molar-refractivity contribution in [2.75, 3.05) is 11.9 Å². The van der Waals surface area contributed by atoms with Gasteiger partial charge >= 0.3 is 5.97 Å². The number of benzene rings is 2. The maximum Gasteiger partial charge on any atom is 0.339 e. The number of ether oxygens (including phenoxy) is 1. The van der Waals surface area contributed by atoms with Gasteiger partial charge in [0.2, 0.25) is 0 Å². The molecule has 0 fully saturated rings. The molecule has 1 atom stereocenters. The fourth-order valence-corrected chi connectivity index (χ4v) is 3.91. The average Bonchev–Trinajstić information content (AvgIpc) is 2.73. The van der Waals surface area contributed by atoms with E-state index in [4.69, 9.17) is 9.72 Å². The van der Waals surface area contributed by atoms with E-state index in [1.54, 1.807) is 13.0 Å². The van der Waals surface area contributed by atoms with Crippen molar-refractivity contribution in [1.82, 2.24) is 4.98 Å². The van der Waals surface area contributed by atoms with Gasteiger partial charge in [0.25, 0.3) is 5.91 Å². The predicted molar refractivity (Wildman–Crippen MR) is 113 cm³/mol. The number of aryl methyl sites for hydroxylation is 2. The number of halogens is 1. The lowest BCUT2D eigenvalue weighted by atomic mass is 9.84. The second-order valence-corrected chi connectivity index (χ2v) is 7.86. The van der Waals surface area contributed by atoms with Crippen LogP contribution in [-0.2, 0) is 22.4 Å². The SMILES string of the molecule is Cc1ccc(F)cc1NC(=O)COC(=O)c1c2c(nc3ccccc13)CCC(C)C2. The van der Waals surface area contributed by atoms with Gasteiger partial charge in [-0.1, -0.05) is 31.2 Å². The van der Waals surface area contributed by atoms with E-state index in [2.05, 4.69) is 12.2 Å². The van der Waals surface area contributed by atoms with Gasteiger partial charge in [-0.05, 0) is 61.4 Å². The molecule has 5 nitrogen and oxygen atoms in total. The molecule has 1 aliphatic carbocycles. The van der Waals surface area contributed by atoms with Crippen molar-refractivity contribution in [3.05, 3.63) is 70.7 Å². The molecule has 1 heterocycles. The molecule has 0 spiro atoms. The molecule has 2 aromatic carbocycles. The number of hydrogen-bond acceptors (Lipinski definition) is 4. The first-order valence-electron chi connectivity index (χ1n) is 10.1. The Bertz CT molecular complexity index is 1140. The van der Waals surface area contributed by atoms with Crippen molar-refractivity contribution in [2.45, 2.75) is 33.1 Å². The van der Waals surface area contributed by atoms with E-state index in [0.29, 0.717) is 17.2 Å². The second kappa shape index (κ2) is 8.22. The summed E-state index contributed by atoms with van der Waals surface area (Å²) in [6.07, 6.45) is 2.61. The van der Waals surface area contributed by atoms with Crippen LogP contribution in [0.1, 0.15) is 40.5 Å². The molecule has 0 radical (unpaired) electrons. The smallest absolute Gasteiger partial charge is 0.339 e. The topological polar surface area (TPSA) is 68.3 Å². The number of aromatic nitrogens is 1. The third-order valence-corrected chi connectivity index (χ3v) is 5.52. The van der Waals surface area contributed by atoms with E-state index < -0.39 is 24.3 Å². The van der Waals surface area contributed by atoms with Gasteiger partial charge < -0.3 is 10.1 Å². The van der Waals surface area contributed by atoms with Crippen LogP contribution < -0.4 is 5.32 Å². The molecule has 6 heteroatoms. The monoisotopic (exact) mass is 406 g/mol. The number of esters is 1. The molecule has 0 saturated carbocycles. The van der Waals surface area contributed by atoms with Gasteiger partial charge in [0.1, 0.15) is 5.82 Å². The number of pyridine rings is 1. The summed E-state index contributed by atoms with van der Waals surface area (Å²) in [4.78, 5) is 30.1. The largest absolute Gasteiger partial charge is 0.452 e. The standard InChI is InChI=1S/C24H23FN2O3/c1-14-7-10-20-18(11-14)23(17-5-3-4-6-19(17)26-20)24(29)30-13-22(28)27-21-12-16(25)9-8-15(21)2/h3-6,8-9,12,14H,7,10-11,13H2,1-2H3,(H,27,28). The summed E-state index contributed by atoms with van der Waals surface area (Å²) in [5.41, 5.74) is 4.17. The van der Waals surface area contributed by atoms with Crippen molar-refractivity contribution >= 4 is 28.5 Å². The van der Waals surface area contributed by atoms with Crippen LogP contribution in [0.15, 0.2) is 42.5 Å². The van der Waals surface area contributed by atoms with E-state index in [9.17, 15) is 14.0 Å². The van der Waals surface area contributed by atoms with Crippen molar-refractivity contribution in [3.63, 3.8) is 0 Å². The Kier molecular flexibility index (Phi) is 5.48. The van der Waals surface area contributed by atoms with Crippen LogP contribution in [0.4, 0.5) is 10.1 Å². The predicted octanol–water partition coefficient (Wildman–Crippen LogP) is 4.60. The lowest BCUT2D eigenvalue weighted by Gasteiger charge is -2.24. The Labute approximate surface area is 174 Å². The average molecular weight is 406 g/mol. The number of carbonyl (C=O) groups excluding carboxylic acids is 2. The van der Waals surface area contributed by atoms with Crippen LogP contribution in [0.2, 0.25) is 0 Å². The number of para-hydroxylation sites is 1. The molecule has 0 saturated heterocycles. The summed E-state index contributed by atoms with van der Waals surface area (Å²) < 4.78 is 18.8. The van der Waals surface area contributed by atoms with E-state index in [1.165, 1.54) is 12.1 Å². The van der Waals surface area contributed by atoms with Gasteiger partial charge in [-0.3, -0.25) is 9.78 Å². The molecule has 1 unspecified atom stereocenters. The Hall–Kier alpha value is -3.28. The highest BCUT2D eigenvalue weighted by Crippen LogP contribution is 2.32. The molecule has 1 aliphatic rings. The minimum absolute atomic E-state index is 0.358. The Morgan fingerprint density at radius 1 is 1.23 bits per heavy atom. The Morgan fingerprint density at radius 3 is 2.87 bits per heavy atom. The summed E-state index contributed by atoms with van der Waals surface area (Å²) in [5, 5.41) is 3.33. The van der Waals surface area contributed by atoms with Gasteiger partial charge in [0.05, 0.1) is 11.1 Å². The van der Waals surface area contributed by atoms with Crippen molar-refractivity contribution in [2.24, 2.45) is 5.92 Å². The van der Waals surface area contributed by atoms with Gasteiger partial charge in [-0.15, -0.1) is 0 Å². The lowest BCUT2D eigenvalue weighted by molar-refractivity contribution is -0.119. The van der Waals surface area contributed by atoms with Gasteiger partial charge in [0, 0.05) is 16.8 Å². The van der Waals surface area contributed by atoms with Crippen molar-refractivity contribution in [3.8, 4) is 0 Å². The van der Waals surface area contributed by atoms with E-state index >= 15 is 0 Å². The first kappa shape index (κ1) is 20.0. The number of nitrogens with one attached hydrogen (secondary N) is 1. The highest BCUT2D eigenvalue weighted by molar-refractivity contribution is 6.06. The number of carbonyl (C=O) groups is 2. The van der Waals surface area contributed by atoms with Crippen LogP contribution in [0, 0.1) is 18.7 Å². The fourth-order valence-electron chi connectivity index (χ4n) is 3.91. The molecule has 3 aromatic rings.